The van der Waals surface area contributed by atoms with E-state index in [0.717, 1.165) is 37.3 Å². The summed E-state index contributed by atoms with van der Waals surface area (Å²) in [6.07, 6.45) is 3.20. The van der Waals surface area contributed by atoms with E-state index in [9.17, 15) is 21.6 Å². The zero-order valence-corrected chi connectivity index (χ0v) is 18.2. The summed E-state index contributed by atoms with van der Waals surface area (Å²) < 4.78 is 66.0. The topological polar surface area (TPSA) is 106 Å². The molecule has 13 heteroatoms. The molecule has 1 aliphatic rings. The van der Waals surface area contributed by atoms with Gasteiger partial charge in [0.25, 0.3) is 5.88 Å². The van der Waals surface area contributed by atoms with Crippen molar-refractivity contribution in [2.24, 2.45) is 0 Å². The van der Waals surface area contributed by atoms with Crippen molar-refractivity contribution < 1.29 is 25.8 Å². The maximum absolute atomic E-state index is 12.8. The van der Waals surface area contributed by atoms with Gasteiger partial charge in [0.1, 0.15) is 9.88 Å². The van der Waals surface area contributed by atoms with Gasteiger partial charge in [0.05, 0.1) is 5.69 Å². The third kappa shape index (κ3) is 5.19. The minimum Gasteiger partial charge on any atom is -0.354 e. The summed E-state index contributed by atoms with van der Waals surface area (Å²) in [7, 11) is -5.87. The highest BCUT2D eigenvalue weighted by molar-refractivity contribution is 7.88. The van der Waals surface area contributed by atoms with Crippen LogP contribution in [0, 0.1) is 0 Å². The molecule has 2 aromatic rings. The maximum Gasteiger partial charge on any atom is 0.534 e. The summed E-state index contributed by atoms with van der Waals surface area (Å²) in [5, 5.41) is 6.86. The second kappa shape index (κ2) is 8.27. The molecule has 2 aromatic heterocycles. The van der Waals surface area contributed by atoms with E-state index in [0.29, 0.717) is 11.0 Å². The van der Waals surface area contributed by atoms with Crippen LogP contribution in [0.5, 0.6) is 5.88 Å². The number of rotatable bonds is 5. The summed E-state index contributed by atoms with van der Waals surface area (Å²) in [6.45, 7) is 7.13. The minimum absolute atomic E-state index is 0.0866. The van der Waals surface area contributed by atoms with Gasteiger partial charge in [-0.25, -0.2) is 15.0 Å². The van der Waals surface area contributed by atoms with Gasteiger partial charge in [-0.3, -0.25) is 0 Å². The Kier molecular flexibility index (Phi) is 6.25. The average Bonchev–Trinajstić information content (AvgIpc) is 3.05. The molecule has 1 fully saturated rings. The molecule has 0 amide bonds. The van der Waals surface area contributed by atoms with Crippen LogP contribution in [0.25, 0.3) is 10.6 Å². The summed E-state index contributed by atoms with van der Waals surface area (Å²) in [4.78, 5) is 12.6. The molecule has 0 bridgehead atoms. The van der Waals surface area contributed by atoms with E-state index in [4.69, 9.17) is 0 Å². The van der Waals surface area contributed by atoms with Gasteiger partial charge < -0.3 is 14.8 Å². The number of piperidine rings is 1. The van der Waals surface area contributed by atoms with Crippen LogP contribution in [-0.4, -0.2) is 48.0 Å². The summed E-state index contributed by atoms with van der Waals surface area (Å²) >= 11 is 1.03. The molecule has 0 saturated carbocycles. The van der Waals surface area contributed by atoms with E-state index in [2.05, 4.69) is 29.8 Å². The smallest absolute Gasteiger partial charge is 0.354 e. The fourth-order valence-corrected chi connectivity index (χ4v) is 4.20. The Labute approximate surface area is 176 Å². The van der Waals surface area contributed by atoms with Gasteiger partial charge in [-0.1, -0.05) is 20.8 Å². The number of alkyl halides is 3. The van der Waals surface area contributed by atoms with E-state index in [1.165, 1.54) is 12.3 Å². The number of nitrogens with zero attached hydrogens (tertiary/aromatic N) is 3. The van der Waals surface area contributed by atoms with Crippen LogP contribution in [0.1, 0.15) is 38.6 Å². The van der Waals surface area contributed by atoms with Crippen LogP contribution < -0.4 is 14.8 Å². The lowest BCUT2D eigenvalue weighted by atomic mass is 9.98. The molecule has 0 unspecified atom stereocenters. The van der Waals surface area contributed by atoms with Crippen molar-refractivity contribution in [2.45, 2.75) is 50.6 Å². The van der Waals surface area contributed by atoms with E-state index < -0.39 is 26.9 Å². The number of hydrogen-bond donors (Lipinski definition) is 2. The number of thiazole rings is 1. The molecule has 166 valence electrons. The van der Waals surface area contributed by atoms with Crippen molar-refractivity contribution in [3.8, 4) is 16.5 Å². The normalized spacial score (nSPS) is 16.5. The predicted molar refractivity (Wildman–Crippen MR) is 107 cm³/mol. The highest BCUT2D eigenvalue weighted by atomic mass is 32.2. The molecule has 3 rings (SSSR count). The monoisotopic (exact) mass is 465 g/mol. The minimum atomic E-state index is -5.87. The first-order chi connectivity index (χ1) is 13.9. The van der Waals surface area contributed by atoms with Crippen LogP contribution in [0.4, 0.5) is 19.1 Å². The molecule has 2 N–H and O–H groups in total. The van der Waals surface area contributed by atoms with Crippen molar-refractivity contribution in [3.63, 3.8) is 0 Å². The van der Waals surface area contributed by atoms with Gasteiger partial charge in [-0.05, 0) is 32.0 Å². The van der Waals surface area contributed by atoms with Gasteiger partial charge in [-0.15, -0.1) is 11.3 Å². The average molecular weight is 466 g/mol. The van der Waals surface area contributed by atoms with E-state index in [-0.39, 0.29) is 16.6 Å². The number of nitrogens with one attached hydrogen (secondary N) is 2. The summed E-state index contributed by atoms with van der Waals surface area (Å²) in [6, 6.07) is 1.63. The van der Waals surface area contributed by atoms with Crippen molar-refractivity contribution in [1.29, 1.82) is 0 Å². The van der Waals surface area contributed by atoms with E-state index >= 15 is 0 Å². The SMILES string of the molecule is CC(C)(C)c1nc(OS(=O)(=O)C(F)(F)F)c(-c2ccnc(NC3CCNCC3)n2)s1. The van der Waals surface area contributed by atoms with Crippen molar-refractivity contribution in [3.05, 3.63) is 17.3 Å². The maximum atomic E-state index is 12.8. The largest absolute Gasteiger partial charge is 0.534 e. The number of anilines is 1. The molecular formula is C17H22F3N5O3S2. The second-order valence-electron chi connectivity index (χ2n) is 7.82. The van der Waals surface area contributed by atoms with Crippen LogP contribution in [0.2, 0.25) is 0 Å². The van der Waals surface area contributed by atoms with E-state index in [1.54, 1.807) is 0 Å². The molecule has 0 aliphatic carbocycles. The second-order valence-corrected chi connectivity index (χ2v) is 10.4. The Hall–Kier alpha value is -1.99. The third-order valence-electron chi connectivity index (χ3n) is 4.27. The third-order valence-corrected chi connectivity index (χ3v) is 6.70. The molecule has 0 spiro atoms. The van der Waals surface area contributed by atoms with Gasteiger partial charge in [0, 0.05) is 17.7 Å². The van der Waals surface area contributed by atoms with Gasteiger partial charge in [-0.2, -0.15) is 21.6 Å². The highest BCUT2D eigenvalue weighted by Gasteiger charge is 2.49. The Morgan fingerprint density at radius 2 is 1.87 bits per heavy atom. The molecule has 3 heterocycles. The van der Waals surface area contributed by atoms with Crippen LogP contribution in [0.3, 0.4) is 0 Å². The Balaban J connectivity index is 1.98. The first-order valence-electron chi connectivity index (χ1n) is 9.19. The van der Waals surface area contributed by atoms with Crippen molar-refractivity contribution >= 4 is 27.4 Å². The Bertz CT molecular complexity index is 997. The van der Waals surface area contributed by atoms with Gasteiger partial charge in [0.15, 0.2) is 0 Å². The van der Waals surface area contributed by atoms with Crippen LogP contribution in [0.15, 0.2) is 12.3 Å². The summed E-state index contributed by atoms with van der Waals surface area (Å²) in [5.41, 5.74) is -5.88. The first-order valence-corrected chi connectivity index (χ1v) is 11.4. The quantitative estimate of drug-likeness (QED) is 0.512. The van der Waals surface area contributed by atoms with Gasteiger partial charge in [0.2, 0.25) is 5.95 Å². The lowest BCUT2D eigenvalue weighted by Crippen LogP contribution is -2.35. The van der Waals surface area contributed by atoms with Crippen molar-refractivity contribution in [1.82, 2.24) is 20.3 Å². The standard InChI is InChI=1S/C17H22F3N5O3S2/c1-16(2,3)14-25-13(28-30(26,27)17(18,19)20)12(29-14)11-6-9-22-15(24-11)23-10-4-7-21-8-5-10/h6,9-10,21H,4-5,7-8H2,1-3H3,(H,22,23,24). The molecule has 0 atom stereocenters. The molecule has 1 aliphatic heterocycles. The summed E-state index contributed by atoms with van der Waals surface area (Å²) in [5.74, 6) is -0.344. The lowest BCUT2D eigenvalue weighted by molar-refractivity contribution is -0.0501. The fraction of sp³-hybridized carbons (Fsp3) is 0.588. The fourth-order valence-electron chi connectivity index (χ4n) is 2.70. The van der Waals surface area contributed by atoms with Crippen LogP contribution in [-0.2, 0) is 15.5 Å². The predicted octanol–water partition coefficient (Wildman–Crippen LogP) is 3.29. The molecule has 0 aromatic carbocycles. The highest BCUT2D eigenvalue weighted by Crippen LogP contribution is 2.41. The van der Waals surface area contributed by atoms with E-state index in [1.807, 2.05) is 20.8 Å². The number of hydrogen-bond acceptors (Lipinski definition) is 9. The number of aromatic nitrogens is 3. The lowest BCUT2D eigenvalue weighted by Gasteiger charge is -2.23. The molecule has 1 saturated heterocycles. The zero-order chi connectivity index (χ0) is 22.2. The Morgan fingerprint density at radius 3 is 2.47 bits per heavy atom. The number of halogens is 3. The van der Waals surface area contributed by atoms with Crippen molar-refractivity contribution in [2.75, 3.05) is 18.4 Å². The zero-order valence-electron chi connectivity index (χ0n) is 16.6. The Morgan fingerprint density at radius 1 is 1.20 bits per heavy atom. The first kappa shape index (κ1) is 22.7. The molecule has 0 radical (unpaired) electrons. The molecule has 8 nitrogen and oxygen atoms in total. The molecular weight excluding hydrogens is 443 g/mol. The van der Waals surface area contributed by atoms with Crippen LogP contribution >= 0.6 is 11.3 Å². The van der Waals surface area contributed by atoms with Gasteiger partial charge >= 0.3 is 15.6 Å². The molecule has 30 heavy (non-hydrogen) atoms.